The van der Waals surface area contributed by atoms with Crippen molar-refractivity contribution < 1.29 is 9.53 Å². The number of rotatable bonds is 5. The van der Waals surface area contributed by atoms with Crippen molar-refractivity contribution in [3.63, 3.8) is 0 Å². The van der Waals surface area contributed by atoms with Gasteiger partial charge in [-0.05, 0) is 57.9 Å². The number of amides is 1. The fourth-order valence-electron chi connectivity index (χ4n) is 2.28. The van der Waals surface area contributed by atoms with E-state index in [1.807, 2.05) is 18.7 Å². The molecule has 4 nitrogen and oxygen atoms in total. The van der Waals surface area contributed by atoms with E-state index in [1.54, 1.807) is 31.2 Å². The van der Waals surface area contributed by atoms with Gasteiger partial charge in [-0.15, -0.1) is 0 Å². The van der Waals surface area contributed by atoms with Crippen molar-refractivity contribution in [2.24, 2.45) is 0 Å². The van der Waals surface area contributed by atoms with Gasteiger partial charge in [-0.3, -0.25) is 4.79 Å². The van der Waals surface area contributed by atoms with Gasteiger partial charge in [-0.25, -0.2) is 0 Å². The van der Waals surface area contributed by atoms with Gasteiger partial charge >= 0.3 is 0 Å². The van der Waals surface area contributed by atoms with Crippen molar-refractivity contribution in [3.8, 4) is 11.8 Å². The van der Waals surface area contributed by atoms with Crippen LogP contribution in [0.25, 0.3) is 0 Å². The average molecular weight is 272 g/mol. The molecule has 0 aliphatic heterocycles. The Bertz CT molecular complexity index is 510. The van der Waals surface area contributed by atoms with Crippen molar-refractivity contribution in [2.45, 2.75) is 51.8 Å². The Morgan fingerprint density at radius 3 is 2.35 bits per heavy atom. The Hall–Kier alpha value is -2.02. The van der Waals surface area contributed by atoms with Gasteiger partial charge in [0.15, 0.2) is 6.10 Å². The van der Waals surface area contributed by atoms with E-state index >= 15 is 0 Å². The lowest BCUT2D eigenvalue weighted by molar-refractivity contribution is -0.140. The Morgan fingerprint density at radius 1 is 1.30 bits per heavy atom. The summed E-state index contributed by atoms with van der Waals surface area (Å²) in [6.45, 7) is 5.84. The summed E-state index contributed by atoms with van der Waals surface area (Å²) < 4.78 is 5.68. The molecule has 106 valence electrons. The van der Waals surface area contributed by atoms with E-state index in [4.69, 9.17) is 10.00 Å². The number of carbonyl (C=O) groups excluding carboxylic acids is 1. The average Bonchev–Trinajstić information content (AvgIpc) is 3.23. The van der Waals surface area contributed by atoms with Crippen LogP contribution in [0.15, 0.2) is 24.3 Å². The summed E-state index contributed by atoms with van der Waals surface area (Å²) in [5, 5.41) is 8.75. The first-order valence-corrected chi connectivity index (χ1v) is 7.02. The van der Waals surface area contributed by atoms with Crippen LogP contribution in [-0.4, -0.2) is 29.0 Å². The van der Waals surface area contributed by atoms with Crippen LogP contribution in [-0.2, 0) is 4.79 Å². The maximum Gasteiger partial charge on any atom is 0.263 e. The van der Waals surface area contributed by atoms with Gasteiger partial charge in [-0.2, -0.15) is 5.26 Å². The van der Waals surface area contributed by atoms with Gasteiger partial charge < -0.3 is 9.64 Å². The van der Waals surface area contributed by atoms with Crippen molar-refractivity contribution in [1.82, 2.24) is 4.90 Å². The molecule has 20 heavy (non-hydrogen) atoms. The van der Waals surface area contributed by atoms with Gasteiger partial charge in [-0.1, -0.05) is 0 Å². The maximum atomic E-state index is 12.4. The lowest BCUT2D eigenvalue weighted by Crippen LogP contribution is -2.45. The first-order valence-electron chi connectivity index (χ1n) is 7.02. The summed E-state index contributed by atoms with van der Waals surface area (Å²) >= 11 is 0. The minimum Gasteiger partial charge on any atom is -0.481 e. The number of hydrogen-bond acceptors (Lipinski definition) is 3. The van der Waals surface area contributed by atoms with E-state index in [9.17, 15) is 4.79 Å². The number of benzene rings is 1. The topological polar surface area (TPSA) is 53.3 Å². The second kappa shape index (κ2) is 5.96. The first kappa shape index (κ1) is 14.4. The van der Waals surface area contributed by atoms with Crippen LogP contribution in [0.4, 0.5) is 0 Å². The molecule has 2 rings (SSSR count). The van der Waals surface area contributed by atoms with Crippen molar-refractivity contribution in [2.75, 3.05) is 0 Å². The molecule has 0 N–H and O–H groups in total. The first-order chi connectivity index (χ1) is 9.52. The van der Waals surface area contributed by atoms with E-state index in [2.05, 4.69) is 6.07 Å². The molecule has 4 heteroatoms. The maximum absolute atomic E-state index is 12.4. The molecule has 1 aromatic carbocycles. The van der Waals surface area contributed by atoms with E-state index < -0.39 is 6.10 Å². The van der Waals surface area contributed by atoms with Crippen LogP contribution in [0.3, 0.4) is 0 Å². The summed E-state index contributed by atoms with van der Waals surface area (Å²) in [5.41, 5.74) is 0.582. The highest BCUT2D eigenvalue weighted by molar-refractivity contribution is 5.81. The third-order valence-electron chi connectivity index (χ3n) is 3.40. The number of nitriles is 1. The SMILES string of the molecule is CC(Oc1ccc(C#N)cc1)C(=O)N(C(C)C)C1CC1. The fraction of sp³-hybridized carbons (Fsp3) is 0.500. The largest absolute Gasteiger partial charge is 0.481 e. The normalized spacial score (nSPS) is 15.6. The lowest BCUT2D eigenvalue weighted by atomic mass is 10.2. The quantitative estimate of drug-likeness (QED) is 0.828. The summed E-state index contributed by atoms with van der Waals surface area (Å²) in [6.07, 6.45) is 1.67. The number of hydrogen-bond donors (Lipinski definition) is 0. The molecular weight excluding hydrogens is 252 g/mol. The highest BCUT2D eigenvalue weighted by atomic mass is 16.5. The van der Waals surface area contributed by atoms with Crippen LogP contribution < -0.4 is 4.74 Å². The summed E-state index contributed by atoms with van der Waals surface area (Å²) in [7, 11) is 0. The molecule has 0 bridgehead atoms. The van der Waals surface area contributed by atoms with Crippen molar-refractivity contribution in [3.05, 3.63) is 29.8 Å². The Balaban J connectivity index is 2.01. The highest BCUT2D eigenvalue weighted by Crippen LogP contribution is 2.29. The van der Waals surface area contributed by atoms with Gasteiger partial charge in [0.2, 0.25) is 0 Å². The lowest BCUT2D eigenvalue weighted by Gasteiger charge is -2.29. The summed E-state index contributed by atoms with van der Waals surface area (Å²) in [6, 6.07) is 9.46. The number of nitrogens with zero attached hydrogens (tertiary/aromatic N) is 2. The van der Waals surface area contributed by atoms with E-state index in [-0.39, 0.29) is 11.9 Å². The molecule has 1 aliphatic rings. The van der Waals surface area contributed by atoms with E-state index in [0.717, 1.165) is 12.8 Å². The van der Waals surface area contributed by atoms with Crippen LogP contribution in [0, 0.1) is 11.3 Å². The molecule has 0 spiro atoms. The Morgan fingerprint density at radius 2 is 1.90 bits per heavy atom. The summed E-state index contributed by atoms with van der Waals surface area (Å²) in [4.78, 5) is 14.4. The molecule has 0 saturated heterocycles. The zero-order valence-corrected chi connectivity index (χ0v) is 12.2. The number of ether oxygens (including phenoxy) is 1. The highest BCUT2D eigenvalue weighted by Gasteiger charge is 2.36. The summed E-state index contributed by atoms with van der Waals surface area (Å²) in [5.74, 6) is 0.649. The second-order valence-electron chi connectivity index (χ2n) is 5.47. The molecule has 1 fully saturated rings. The van der Waals surface area contributed by atoms with E-state index in [1.165, 1.54) is 0 Å². The standard InChI is InChI=1S/C16H20N2O2/c1-11(2)18(14-6-7-14)16(19)12(3)20-15-8-4-13(10-17)5-9-15/h4-5,8-9,11-12,14H,6-7H2,1-3H3. The molecule has 0 radical (unpaired) electrons. The molecule has 1 amide bonds. The van der Waals surface area contributed by atoms with Crippen LogP contribution >= 0.6 is 0 Å². The molecule has 1 saturated carbocycles. The molecule has 1 aliphatic carbocycles. The zero-order chi connectivity index (χ0) is 14.7. The Labute approximate surface area is 120 Å². The molecule has 1 aromatic rings. The minimum atomic E-state index is -0.508. The predicted molar refractivity (Wildman–Crippen MR) is 76.3 cm³/mol. The van der Waals surface area contributed by atoms with Crippen LogP contribution in [0.2, 0.25) is 0 Å². The molecule has 1 unspecified atom stereocenters. The van der Waals surface area contributed by atoms with Crippen LogP contribution in [0.5, 0.6) is 5.75 Å². The van der Waals surface area contributed by atoms with Gasteiger partial charge in [0.1, 0.15) is 5.75 Å². The second-order valence-corrected chi connectivity index (χ2v) is 5.47. The monoisotopic (exact) mass is 272 g/mol. The number of carbonyl (C=O) groups is 1. The smallest absolute Gasteiger partial charge is 0.263 e. The minimum absolute atomic E-state index is 0.0341. The predicted octanol–water partition coefficient (Wildman–Crippen LogP) is 2.72. The van der Waals surface area contributed by atoms with Crippen molar-refractivity contribution in [1.29, 1.82) is 5.26 Å². The third-order valence-corrected chi connectivity index (χ3v) is 3.40. The fourth-order valence-corrected chi connectivity index (χ4v) is 2.28. The Kier molecular flexibility index (Phi) is 4.29. The molecular formula is C16H20N2O2. The van der Waals surface area contributed by atoms with Gasteiger partial charge in [0.25, 0.3) is 5.91 Å². The van der Waals surface area contributed by atoms with E-state index in [0.29, 0.717) is 17.4 Å². The van der Waals surface area contributed by atoms with Gasteiger partial charge in [0.05, 0.1) is 11.6 Å². The molecule has 0 heterocycles. The molecule has 1 atom stereocenters. The van der Waals surface area contributed by atoms with Crippen LogP contribution in [0.1, 0.15) is 39.2 Å². The zero-order valence-electron chi connectivity index (χ0n) is 12.2. The third kappa shape index (κ3) is 3.30. The van der Waals surface area contributed by atoms with Crippen molar-refractivity contribution >= 4 is 5.91 Å². The van der Waals surface area contributed by atoms with Gasteiger partial charge in [0, 0.05) is 12.1 Å². The molecule has 0 aromatic heterocycles.